The van der Waals surface area contributed by atoms with Crippen molar-refractivity contribution in [2.24, 2.45) is 5.92 Å². The molecule has 1 unspecified atom stereocenters. The van der Waals surface area contributed by atoms with Crippen LogP contribution in [0.4, 0.5) is 0 Å². The lowest BCUT2D eigenvalue weighted by Gasteiger charge is -2.36. The largest absolute Gasteiger partial charge is 0.508 e. The van der Waals surface area contributed by atoms with Gasteiger partial charge in [-0.15, -0.1) is 0 Å². The number of rotatable bonds is 3. The third-order valence-corrected chi connectivity index (χ3v) is 5.21. The fourth-order valence-electron chi connectivity index (χ4n) is 4.14. The molecule has 1 N–H and O–H groups in total. The Hall–Kier alpha value is -1.02. The molecule has 2 aliphatic carbocycles. The Bertz CT molecular complexity index is 451. The van der Waals surface area contributed by atoms with E-state index in [-0.39, 0.29) is 0 Å². The van der Waals surface area contributed by atoms with Gasteiger partial charge in [0.15, 0.2) is 0 Å². The molecule has 3 rings (SSSR count). The summed E-state index contributed by atoms with van der Waals surface area (Å²) in [6.07, 6.45) is 10.8. The Morgan fingerprint density at radius 1 is 1.10 bits per heavy atom. The van der Waals surface area contributed by atoms with E-state index in [1.54, 1.807) is 0 Å². The van der Waals surface area contributed by atoms with E-state index in [0.717, 1.165) is 12.3 Å². The third kappa shape index (κ3) is 3.01. The van der Waals surface area contributed by atoms with Crippen LogP contribution in [0.5, 0.6) is 5.75 Å². The van der Waals surface area contributed by atoms with E-state index >= 15 is 0 Å². The molecule has 1 saturated carbocycles. The van der Waals surface area contributed by atoms with E-state index in [4.69, 9.17) is 0 Å². The minimum absolute atomic E-state index is 0.416. The van der Waals surface area contributed by atoms with Gasteiger partial charge in [-0.25, -0.2) is 0 Å². The van der Waals surface area contributed by atoms with Crippen molar-refractivity contribution in [1.29, 1.82) is 0 Å². The first-order valence-corrected chi connectivity index (χ1v) is 8.26. The van der Waals surface area contributed by atoms with Gasteiger partial charge in [-0.3, -0.25) is 4.90 Å². The van der Waals surface area contributed by atoms with Gasteiger partial charge < -0.3 is 5.11 Å². The highest BCUT2D eigenvalue weighted by Gasteiger charge is 2.26. The molecule has 1 atom stereocenters. The second kappa shape index (κ2) is 6.17. The number of hydrogen-bond donors (Lipinski definition) is 1. The summed E-state index contributed by atoms with van der Waals surface area (Å²) in [5, 5.41) is 9.66. The van der Waals surface area contributed by atoms with Gasteiger partial charge in [0.25, 0.3) is 0 Å². The molecule has 2 aliphatic rings. The average molecular weight is 273 g/mol. The first-order chi connectivity index (χ1) is 9.74. The van der Waals surface area contributed by atoms with Crippen LogP contribution in [0.1, 0.15) is 62.1 Å². The lowest BCUT2D eigenvalue weighted by molar-refractivity contribution is 0.168. The third-order valence-electron chi connectivity index (χ3n) is 5.21. The number of phenols is 1. The normalized spacial score (nSPS) is 23.8. The number of aromatic hydroxyl groups is 1. The van der Waals surface area contributed by atoms with Crippen molar-refractivity contribution >= 4 is 0 Å². The lowest BCUT2D eigenvalue weighted by atomic mass is 9.85. The van der Waals surface area contributed by atoms with Crippen molar-refractivity contribution in [2.45, 2.75) is 57.4 Å². The molecule has 20 heavy (non-hydrogen) atoms. The molecule has 1 aromatic rings. The van der Waals surface area contributed by atoms with Crippen LogP contribution in [0.3, 0.4) is 0 Å². The average Bonchev–Trinajstić information content (AvgIpc) is 2.47. The number of hydrogen-bond acceptors (Lipinski definition) is 2. The maximum Gasteiger partial charge on any atom is 0.115 e. The molecule has 0 bridgehead atoms. The maximum atomic E-state index is 9.66. The molecule has 0 aromatic heterocycles. The second-order valence-electron chi connectivity index (χ2n) is 6.73. The summed E-state index contributed by atoms with van der Waals surface area (Å²) < 4.78 is 0. The molecule has 110 valence electrons. The number of aryl methyl sites for hydroxylation is 1. The van der Waals surface area contributed by atoms with Crippen LogP contribution in [0.15, 0.2) is 18.2 Å². The van der Waals surface area contributed by atoms with Crippen molar-refractivity contribution in [3.8, 4) is 5.75 Å². The first-order valence-electron chi connectivity index (χ1n) is 8.26. The number of phenolic OH excluding ortho intramolecular Hbond substituents is 1. The highest BCUT2D eigenvalue weighted by Crippen LogP contribution is 2.36. The Kier molecular flexibility index (Phi) is 4.30. The van der Waals surface area contributed by atoms with Gasteiger partial charge in [0.2, 0.25) is 0 Å². The molecule has 1 aromatic carbocycles. The molecule has 0 saturated heterocycles. The molecule has 0 radical (unpaired) electrons. The molecule has 0 heterocycles. The van der Waals surface area contributed by atoms with Gasteiger partial charge in [0.05, 0.1) is 0 Å². The summed E-state index contributed by atoms with van der Waals surface area (Å²) in [5.74, 6) is 1.32. The Morgan fingerprint density at radius 3 is 2.70 bits per heavy atom. The fourth-order valence-corrected chi connectivity index (χ4v) is 4.14. The Balaban J connectivity index is 1.71. The molecule has 2 nitrogen and oxygen atoms in total. The van der Waals surface area contributed by atoms with Crippen molar-refractivity contribution < 1.29 is 5.11 Å². The van der Waals surface area contributed by atoms with Gasteiger partial charge in [0, 0.05) is 12.6 Å². The molecule has 0 aliphatic heterocycles. The van der Waals surface area contributed by atoms with E-state index in [2.05, 4.69) is 18.0 Å². The number of benzene rings is 1. The maximum absolute atomic E-state index is 9.66. The van der Waals surface area contributed by atoms with Gasteiger partial charge in [-0.2, -0.15) is 0 Å². The molecule has 1 fully saturated rings. The molecule has 0 amide bonds. The monoisotopic (exact) mass is 273 g/mol. The van der Waals surface area contributed by atoms with E-state index in [0.29, 0.717) is 11.8 Å². The van der Waals surface area contributed by atoms with Crippen molar-refractivity contribution in [1.82, 2.24) is 4.90 Å². The van der Waals surface area contributed by atoms with Gasteiger partial charge in [-0.1, -0.05) is 25.3 Å². The van der Waals surface area contributed by atoms with Gasteiger partial charge in [-0.05, 0) is 68.3 Å². The zero-order chi connectivity index (χ0) is 13.9. The first kappa shape index (κ1) is 13.9. The zero-order valence-electron chi connectivity index (χ0n) is 12.6. The highest BCUT2D eigenvalue weighted by molar-refractivity contribution is 5.38. The summed E-state index contributed by atoms with van der Waals surface area (Å²) in [5.41, 5.74) is 2.81. The molecule has 2 heteroatoms. The minimum atomic E-state index is 0.416. The SMILES string of the molecule is CN(CC1CCCCC1)C1CCCc2cc(O)ccc21. The summed E-state index contributed by atoms with van der Waals surface area (Å²) in [7, 11) is 2.29. The minimum Gasteiger partial charge on any atom is -0.508 e. The van der Waals surface area contributed by atoms with Crippen molar-refractivity contribution in [3.05, 3.63) is 29.3 Å². The molecular formula is C18H27NO. The van der Waals surface area contributed by atoms with E-state index in [9.17, 15) is 5.11 Å². The van der Waals surface area contributed by atoms with Crippen LogP contribution in [0, 0.1) is 5.92 Å². The summed E-state index contributed by atoms with van der Waals surface area (Å²) in [4.78, 5) is 2.57. The quantitative estimate of drug-likeness (QED) is 0.888. The predicted octanol–water partition coefficient (Wildman–Crippen LogP) is 4.28. The standard InChI is InChI=1S/C18H27NO/c1-19(13-14-6-3-2-4-7-14)18-9-5-8-15-12-16(20)10-11-17(15)18/h10-12,14,18,20H,2-9,13H2,1H3. The van der Waals surface area contributed by atoms with Crippen LogP contribution in [0.25, 0.3) is 0 Å². The van der Waals surface area contributed by atoms with Crippen molar-refractivity contribution in [3.63, 3.8) is 0 Å². The number of nitrogens with zero attached hydrogens (tertiary/aromatic N) is 1. The summed E-state index contributed by atoms with van der Waals surface area (Å²) >= 11 is 0. The summed E-state index contributed by atoms with van der Waals surface area (Å²) in [6.45, 7) is 1.24. The second-order valence-corrected chi connectivity index (χ2v) is 6.73. The zero-order valence-corrected chi connectivity index (χ0v) is 12.6. The smallest absolute Gasteiger partial charge is 0.115 e. The van der Waals surface area contributed by atoms with Crippen LogP contribution < -0.4 is 0 Å². The summed E-state index contributed by atoms with van der Waals surface area (Å²) in [6, 6.07) is 6.52. The predicted molar refractivity (Wildman–Crippen MR) is 83.0 cm³/mol. The fraction of sp³-hybridized carbons (Fsp3) is 0.667. The Labute approximate surface area is 122 Å². The van der Waals surface area contributed by atoms with Gasteiger partial charge >= 0.3 is 0 Å². The van der Waals surface area contributed by atoms with Crippen LogP contribution >= 0.6 is 0 Å². The van der Waals surface area contributed by atoms with Crippen molar-refractivity contribution in [2.75, 3.05) is 13.6 Å². The van der Waals surface area contributed by atoms with Crippen LogP contribution in [-0.4, -0.2) is 23.6 Å². The van der Waals surface area contributed by atoms with E-state index < -0.39 is 0 Å². The Morgan fingerprint density at radius 2 is 1.90 bits per heavy atom. The lowest BCUT2D eigenvalue weighted by Crippen LogP contribution is -2.32. The van der Waals surface area contributed by atoms with Gasteiger partial charge in [0.1, 0.15) is 5.75 Å². The van der Waals surface area contributed by atoms with E-state index in [1.807, 2.05) is 12.1 Å². The highest BCUT2D eigenvalue weighted by atomic mass is 16.3. The topological polar surface area (TPSA) is 23.5 Å². The van der Waals surface area contributed by atoms with Crippen LogP contribution in [0.2, 0.25) is 0 Å². The number of fused-ring (bicyclic) bond motifs is 1. The molecular weight excluding hydrogens is 246 g/mol. The van der Waals surface area contributed by atoms with E-state index in [1.165, 1.54) is 62.6 Å². The molecule has 0 spiro atoms. The van der Waals surface area contributed by atoms with Crippen LogP contribution in [-0.2, 0) is 6.42 Å².